The highest BCUT2D eigenvalue weighted by Gasteiger charge is 2.27. The van der Waals surface area contributed by atoms with Gasteiger partial charge in [0.25, 0.3) is 5.91 Å². The van der Waals surface area contributed by atoms with Gasteiger partial charge in [-0.25, -0.2) is 0 Å². The number of H-pyrrole nitrogens is 1. The van der Waals surface area contributed by atoms with Gasteiger partial charge in [0.15, 0.2) is 0 Å². The highest BCUT2D eigenvalue weighted by Crippen LogP contribution is 2.24. The number of aromatic nitrogens is 1. The van der Waals surface area contributed by atoms with Crippen LogP contribution in [0.1, 0.15) is 43.6 Å². The third-order valence-electron chi connectivity index (χ3n) is 5.92. The molecule has 6 nitrogen and oxygen atoms in total. The van der Waals surface area contributed by atoms with Crippen molar-refractivity contribution in [1.29, 1.82) is 0 Å². The van der Waals surface area contributed by atoms with Gasteiger partial charge in [-0.05, 0) is 71.0 Å². The summed E-state index contributed by atoms with van der Waals surface area (Å²) in [5.41, 5.74) is 1.58. The molecule has 6 heteroatoms. The maximum Gasteiger partial charge on any atom is 0.270 e. The number of rotatable bonds is 5. The number of morpholine rings is 1. The topological polar surface area (TPSA) is 57.8 Å². The minimum absolute atomic E-state index is 0.0324. The van der Waals surface area contributed by atoms with Gasteiger partial charge in [0.1, 0.15) is 11.4 Å². The van der Waals surface area contributed by atoms with Crippen molar-refractivity contribution in [1.82, 2.24) is 14.8 Å². The van der Waals surface area contributed by atoms with Gasteiger partial charge in [-0.2, -0.15) is 0 Å². The number of hydrogen-bond donors (Lipinski definition) is 1. The van der Waals surface area contributed by atoms with Crippen molar-refractivity contribution in [2.45, 2.75) is 51.4 Å². The van der Waals surface area contributed by atoms with E-state index in [1.807, 2.05) is 43.0 Å². The number of nitrogens with zero attached hydrogens (tertiary/aromatic N) is 2. The van der Waals surface area contributed by atoms with E-state index in [0.29, 0.717) is 24.8 Å². The molecule has 1 aromatic heterocycles. The number of carbonyl (C=O) groups is 1. The molecule has 4 rings (SSSR count). The first kappa shape index (κ1) is 19.3. The molecule has 3 unspecified atom stereocenters. The molecule has 28 heavy (non-hydrogen) atoms. The van der Waals surface area contributed by atoms with Crippen LogP contribution in [-0.2, 0) is 4.74 Å². The summed E-state index contributed by atoms with van der Waals surface area (Å²) in [7, 11) is 2.19. The lowest BCUT2D eigenvalue weighted by Gasteiger charge is -2.35. The highest BCUT2D eigenvalue weighted by molar-refractivity contribution is 5.98. The Bertz CT molecular complexity index is 824. The lowest BCUT2D eigenvalue weighted by molar-refractivity contribution is -0.0587. The molecular weight excluding hydrogens is 354 g/mol. The van der Waals surface area contributed by atoms with Crippen LogP contribution in [0, 0.1) is 0 Å². The van der Waals surface area contributed by atoms with E-state index in [0.717, 1.165) is 29.7 Å². The maximum absolute atomic E-state index is 12.9. The standard InChI is InChI=1S/C22H31N3O3/c1-15-13-25(14-16(2)28-15)22(26)21-12-17-11-19(6-7-20(17)23-21)27-10-8-18-5-4-9-24(18)3/h6-7,11-12,15-16,18,23H,4-5,8-10,13-14H2,1-3H3. The van der Waals surface area contributed by atoms with Crippen LogP contribution in [0.25, 0.3) is 10.9 Å². The van der Waals surface area contributed by atoms with Gasteiger partial charge in [0.2, 0.25) is 0 Å². The lowest BCUT2D eigenvalue weighted by Crippen LogP contribution is -2.48. The Morgan fingerprint density at radius 1 is 1.25 bits per heavy atom. The molecule has 0 saturated carbocycles. The van der Waals surface area contributed by atoms with Crippen LogP contribution in [0.2, 0.25) is 0 Å². The quantitative estimate of drug-likeness (QED) is 0.858. The van der Waals surface area contributed by atoms with Crippen LogP contribution >= 0.6 is 0 Å². The van der Waals surface area contributed by atoms with Gasteiger partial charge in [0.05, 0.1) is 18.8 Å². The van der Waals surface area contributed by atoms with E-state index >= 15 is 0 Å². The summed E-state index contributed by atoms with van der Waals surface area (Å²) in [6, 6.07) is 8.56. The second-order valence-corrected chi connectivity index (χ2v) is 8.31. The van der Waals surface area contributed by atoms with Crippen molar-refractivity contribution in [3.63, 3.8) is 0 Å². The molecule has 0 aliphatic carbocycles. The lowest BCUT2D eigenvalue weighted by atomic mass is 10.1. The van der Waals surface area contributed by atoms with Crippen molar-refractivity contribution in [2.24, 2.45) is 0 Å². The van der Waals surface area contributed by atoms with Gasteiger partial charge in [-0.3, -0.25) is 4.79 Å². The van der Waals surface area contributed by atoms with Gasteiger partial charge >= 0.3 is 0 Å². The Balaban J connectivity index is 1.40. The molecule has 0 bridgehead atoms. The van der Waals surface area contributed by atoms with E-state index in [-0.39, 0.29) is 18.1 Å². The van der Waals surface area contributed by atoms with Gasteiger partial charge in [0, 0.05) is 30.0 Å². The zero-order valence-electron chi connectivity index (χ0n) is 17.1. The number of benzene rings is 1. The molecule has 0 radical (unpaired) electrons. The summed E-state index contributed by atoms with van der Waals surface area (Å²) in [6.45, 7) is 7.19. The number of carbonyl (C=O) groups excluding carboxylic acids is 1. The molecule has 2 aliphatic heterocycles. The third-order valence-corrected chi connectivity index (χ3v) is 5.92. The minimum atomic E-state index is 0.0324. The highest BCUT2D eigenvalue weighted by atomic mass is 16.5. The number of ether oxygens (including phenoxy) is 2. The molecule has 2 aliphatic rings. The normalized spacial score (nSPS) is 26.1. The number of fused-ring (bicyclic) bond motifs is 1. The maximum atomic E-state index is 12.9. The summed E-state index contributed by atoms with van der Waals surface area (Å²) in [6.07, 6.45) is 3.74. The Morgan fingerprint density at radius 2 is 2.04 bits per heavy atom. The number of hydrogen-bond acceptors (Lipinski definition) is 4. The van der Waals surface area contributed by atoms with Crippen LogP contribution in [0.3, 0.4) is 0 Å². The molecule has 2 saturated heterocycles. The zero-order chi connectivity index (χ0) is 19.7. The second kappa shape index (κ2) is 8.13. The fourth-order valence-electron chi connectivity index (χ4n) is 4.49. The molecule has 1 N–H and O–H groups in total. The van der Waals surface area contributed by atoms with Crippen molar-refractivity contribution in [2.75, 3.05) is 33.3 Å². The monoisotopic (exact) mass is 385 g/mol. The first-order chi connectivity index (χ1) is 13.5. The van der Waals surface area contributed by atoms with E-state index in [1.165, 1.54) is 19.4 Å². The summed E-state index contributed by atoms with van der Waals surface area (Å²) in [4.78, 5) is 20.5. The SMILES string of the molecule is CC1CN(C(=O)c2cc3cc(OCCC4CCCN4C)ccc3[nH]2)CC(C)O1. The van der Waals surface area contributed by atoms with E-state index in [2.05, 4.69) is 16.9 Å². The van der Waals surface area contributed by atoms with Crippen LogP contribution in [0.4, 0.5) is 0 Å². The van der Waals surface area contributed by atoms with Crippen LogP contribution in [0.15, 0.2) is 24.3 Å². The van der Waals surface area contributed by atoms with Crippen molar-refractivity contribution in [3.05, 3.63) is 30.0 Å². The molecule has 0 spiro atoms. The molecular formula is C22H31N3O3. The molecule has 2 fully saturated rings. The van der Waals surface area contributed by atoms with Crippen LogP contribution in [0.5, 0.6) is 5.75 Å². The van der Waals surface area contributed by atoms with Crippen molar-refractivity contribution < 1.29 is 14.3 Å². The number of nitrogens with one attached hydrogen (secondary N) is 1. The average molecular weight is 386 g/mol. The third kappa shape index (κ3) is 4.18. The summed E-state index contributed by atoms with van der Waals surface area (Å²) in [5.74, 6) is 0.893. The van der Waals surface area contributed by atoms with Gasteiger partial charge < -0.3 is 24.3 Å². The number of aromatic amines is 1. The Hall–Kier alpha value is -2.05. The minimum Gasteiger partial charge on any atom is -0.494 e. The summed E-state index contributed by atoms with van der Waals surface area (Å²) in [5, 5.41) is 1.01. The van der Waals surface area contributed by atoms with Crippen LogP contribution < -0.4 is 4.74 Å². The van der Waals surface area contributed by atoms with E-state index < -0.39 is 0 Å². The summed E-state index contributed by atoms with van der Waals surface area (Å²) < 4.78 is 11.7. The first-order valence-corrected chi connectivity index (χ1v) is 10.4. The predicted molar refractivity (Wildman–Crippen MR) is 110 cm³/mol. The smallest absolute Gasteiger partial charge is 0.270 e. The molecule has 3 heterocycles. The fourth-order valence-corrected chi connectivity index (χ4v) is 4.49. The molecule has 2 aromatic rings. The Kier molecular flexibility index (Phi) is 5.60. The van der Waals surface area contributed by atoms with Gasteiger partial charge in [-0.15, -0.1) is 0 Å². The van der Waals surface area contributed by atoms with E-state index in [1.54, 1.807) is 0 Å². The molecule has 1 amide bonds. The number of likely N-dealkylation sites (tertiary alicyclic amines) is 1. The van der Waals surface area contributed by atoms with E-state index in [4.69, 9.17) is 9.47 Å². The van der Waals surface area contributed by atoms with Gasteiger partial charge in [-0.1, -0.05) is 0 Å². The molecule has 3 atom stereocenters. The van der Waals surface area contributed by atoms with Crippen LogP contribution in [-0.4, -0.2) is 72.2 Å². The van der Waals surface area contributed by atoms with Crippen molar-refractivity contribution in [3.8, 4) is 5.75 Å². The predicted octanol–water partition coefficient (Wildman–Crippen LogP) is 3.28. The molecule has 152 valence electrons. The number of amides is 1. The van der Waals surface area contributed by atoms with Crippen molar-refractivity contribution >= 4 is 16.8 Å². The molecule has 1 aromatic carbocycles. The Morgan fingerprint density at radius 3 is 2.75 bits per heavy atom. The average Bonchev–Trinajstić information content (AvgIpc) is 3.26. The Labute approximate surface area is 166 Å². The zero-order valence-corrected chi connectivity index (χ0v) is 17.1. The largest absolute Gasteiger partial charge is 0.494 e. The first-order valence-electron chi connectivity index (χ1n) is 10.4. The summed E-state index contributed by atoms with van der Waals surface area (Å²) >= 11 is 0. The fraction of sp³-hybridized carbons (Fsp3) is 0.591. The second-order valence-electron chi connectivity index (χ2n) is 8.31. The van der Waals surface area contributed by atoms with E-state index in [9.17, 15) is 4.79 Å².